The number of phenolic OH excluding ortho intramolecular Hbond substituents is 1. The molecule has 0 radical (unpaired) electrons. The molecule has 0 aromatic heterocycles. The van der Waals surface area contributed by atoms with Gasteiger partial charge in [0.2, 0.25) is 0 Å². The maximum absolute atomic E-state index is 12.1. The summed E-state index contributed by atoms with van der Waals surface area (Å²) < 4.78 is 5.06. The Morgan fingerprint density at radius 2 is 2.11 bits per heavy atom. The highest BCUT2D eigenvalue weighted by Crippen LogP contribution is 2.24. The Hall–Kier alpha value is -1.71. The maximum atomic E-state index is 12.1. The lowest BCUT2D eigenvalue weighted by Crippen LogP contribution is -2.27. The lowest BCUT2D eigenvalue weighted by Gasteiger charge is -2.18. The van der Waals surface area contributed by atoms with Gasteiger partial charge in [-0.1, -0.05) is 19.8 Å². The van der Waals surface area contributed by atoms with Gasteiger partial charge in [-0.15, -0.1) is 0 Å². The number of phenols is 1. The van der Waals surface area contributed by atoms with Gasteiger partial charge in [0.15, 0.2) is 0 Å². The van der Waals surface area contributed by atoms with Crippen molar-refractivity contribution >= 4 is 5.91 Å². The lowest BCUT2D eigenvalue weighted by molar-refractivity contribution is 0.0789. The number of hydrogen-bond acceptors (Lipinski definition) is 3. The van der Waals surface area contributed by atoms with Crippen molar-refractivity contribution in [1.82, 2.24) is 4.90 Å². The van der Waals surface area contributed by atoms with E-state index in [0.29, 0.717) is 12.3 Å². The number of ether oxygens (including phenoxy) is 1. The average Bonchev–Trinajstić information content (AvgIpc) is 2.38. The maximum Gasteiger partial charge on any atom is 0.257 e. The number of carbonyl (C=O) groups is 1. The zero-order valence-electron chi connectivity index (χ0n) is 11.3. The fourth-order valence-electron chi connectivity index (χ4n) is 1.72. The van der Waals surface area contributed by atoms with Crippen LogP contribution in [0, 0.1) is 0 Å². The zero-order valence-corrected chi connectivity index (χ0v) is 11.3. The molecule has 0 aliphatic rings. The van der Waals surface area contributed by atoms with Crippen LogP contribution in [0.1, 0.15) is 36.5 Å². The Bertz CT molecular complexity index is 404. The van der Waals surface area contributed by atoms with Gasteiger partial charge in [-0.2, -0.15) is 0 Å². The molecule has 1 aromatic rings. The first-order valence-corrected chi connectivity index (χ1v) is 6.22. The zero-order chi connectivity index (χ0) is 13.5. The molecule has 1 rings (SSSR count). The summed E-state index contributed by atoms with van der Waals surface area (Å²) >= 11 is 0. The number of unbranched alkanes of at least 4 members (excludes halogenated alkanes) is 2. The van der Waals surface area contributed by atoms with Gasteiger partial charge in [-0.25, -0.2) is 0 Å². The topological polar surface area (TPSA) is 49.8 Å². The highest BCUT2D eigenvalue weighted by atomic mass is 16.5. The average molecular weight is 251 g/mol. The van der Waals surface area contributed by atoms with Gasteiger partial charge in [0.1, 0.15) is 11.5 Å². The third-order valence-corrected chi connectivity index (χ3v) is 2.88. The summed E-state index contributed by atoms with van der Waals surface area (Å²) in [4.78, 5) is 13.8. The molecule has 1 aromatic carbocycles. The minimum Gasteiger partial charge on any atom is -0.507 e. The summed E-state index contributed by atoms with van der Waals surface area (Å²) in [6.45, 7) is 2.82. The number of benzene rings is 1. The van der Waals surface area contributed by atoms with Crippen LogP contribution in [0.2, 0.25) is 0 Å². The van der Waals surface area contributed by atoms with E-state index in [-0.39, 0.29) is 17.2 Å². The molecule has 1 amide bonds. The lowest BCUT2D eigenvalue weighted by atomic mass is 10.1. The molecule has 0 aliphatic carbocycles. The summed E-state index contributed by atoms with van der Waals surface area (Å²) in [5.74, 6) is 0.378. The number of methoxy groups -OCH3 is 1. The second-order valence-electron chi connectivity index (χ2n) is 4.32. The first kappa shape index (κ1) is 14.4. The van der Waals surface area contributed by atoms with Crippen LogP contribution >= 0.6 is 0 Å². The Labute approximate surface area is 108 Å². The van der Waals surface area contributed by atoms with E-state index in [2.05, 4.69) is 6.92 Å². The fourth-order valence-corrected chi connectivity index (χ4v) is 1.72. The van der Waals surface area contributed by atoms with Crippen molar-refractivity contribution in [2.75, 3.05) is 20.7 Å². The van der Waals surface area contributed by atoms with Crippen molar-refractivity contribution in [3.05, 3.63) is 23.8 Å². The number of carbonyl (C=O) groups excluding carboxylic acids is 1. The van der Waals surface area contributed by atoms with Crippen LogP contribution in [0.15, 0.2) is 18.2 Å². The van der Waals surface area contributed by atoms with Gasteiger partial charge in [0, 0.05) is 13.6 Å². The highest BCUT2D eigenvalue weighted by Gasteiger charge is 2.16. The third kappa shape index (κ3) is 3.65. The van der Waals surface area contributed by atoms with Crippen molar-refractivity contribution in [2.45, 2.75) is 26.2 Å². The molecule has 1 N–H and O–H groups in total. The second kappa shape index (κ2) is 6.89. The van der Waals surface area contributed by atoms with Gasteiger partial charge in [-0.3, -0.25) is 4.79 Å². The summed E-state index contributed by atoms with van der Waals surface area (Å²) in [5, 5.41) is 9.72. The molecule has 4 heteroatoms. The normalized spacial score (nSPS) is 10.2. The van der Waals surface area contributed by atoms with Gasteiger partial charge < -0.3 is 14.7 Å². The summed E-state index contributed by atoms with van der Waals surface area (Å²) in [7, 11) is 3.28. The third-order valence-electron chi connectivity index (χ3n) is 2.88. The Kier molecular flexibility index (Phi) is 5.49. The first-order valence-electron chi connectivity index (χ1n) is 6.22. The Morgan fingerprint density at radius 1 is 1.39 bits per heavy atom. The molecule has 0 bridgehead atoms. The minimum atomic E-state index is -0.178. The molecule has 0 saturated carbocycles. The number of amides is 1. The second-order valence-corrected chi connectivity index (χ2v) is 4.32. The van der Waals surface area contributed by atoms with Crippen LogP contribution in [-0.2, 0) is 0 Å². The fraction of sp³-hybridized carbons (Fsp3) is 0.500. The molecule has 0 unspecified atom stereocenters. The van der Waals surface area contributed by atoms with E-state index < -0.39 is 0 Å². The largest absolute Gasteiger partial charge is 0.507 e. The van der Waals surface area contributed by atoms with E-state index in [0.717, 1.165) is 19.3 Å². The standard InChI is InChI=1S/C14H21NO3/c1-4-5-6-9-15(2)14(17)12-10-11(18-3)7-8-13(12)16/h7-8,10,16H,4-6,9H2,1-3H3. The molecular formula is C14H21NO3. The number of rotatable bonds is 6. The van der Waals surface area contributed by atoms with Gasteiger partial charge in [-0.05, 0) is 24.6 Å². The summed E-state index contributed by atoms with van der Waals surface area (Å²) in [5.41, 5.74) is 0.286. The molecule has 0 fully saturated rings. The van der Waals surface area contributed by atoms with Crippen LogP contribution in [0.5, 0.6) is 11.5 Å². The Morgan fingerprint density at radius 3 is 2.72 bits per heavy atom. The minimum absolute atomic E-state index is 0.0110. The van der Waals surface area contributed by atoms with Crippen molar-refractivity contribution in [1.29, 1.82) is 0 Å². The van der Waals surface area contributed by atoms with E-state index in [1.807, 2.05) is 0 Å². The van der Waals surface area contributed by atoms with Crippen LogP contribution in [0.25, 0.3) is 0 Å². The van der Waals surface area contributed by atoms with Gasteiger partial charge in [0.05, 0.1) is 12.7 Å². The van der Waals surface area contributed by atoms with Gasteiger partial charge >= 0.3 is 0 Å². The van der Waals surface area contributed by atoms with Crippen LogP contribution in [0.4, 0.5) is 0 Å². The van der Waals surface area contributed by atoms with Gasteiger partial charge in [0.25, 0.3) is 5.91 Å². The summed E-state index contributed by atoms with van der Waals surface area (Å²) in [6.07, 6.45) is 3.19. The quantitative estimate of drug-likeness (QED) is 0.791. The van der Waals surface area contributed by atoms with E-state index in [9.17, 15) is 9.90 Å². The number of hydrogen-bond donors (Lipinski definition) is 1. The van der Waals surface area contributed by atoms with Crippen molar-refractivity contribution in [2.24, 2.45) is 0 Å². The number of aromatic hydroxyl groups is 1. The van der Waals surface area contributed by atoms with Crippen molar-refractivity contribution < 1.29 is 14.6 Å². The molecule has 0 spiro atoms. The van der Waals surface area contributed by atoms with Crippen molar-refractivity contribution in [3.8, 4) is 11.5 Å². The SMILES string of the molecule is CCCCCN(C)C(=O)c1cc(OC)ccc1O. The molecule has 0 aliphatic heterocycles. The molecular weight excluding hydrogens is 230 g/mol. The molecule has 0 heterocycles. The van der Waals surface area contributed by atoms with E-state index >= 15 is 0 Å². The van der Waals surface area contributed by atoms with E-state index in [1.165, 1.54) is 13.2 Å². The number of nitrogens with zero attached hydrogens (tertiary/aromatic N) is 1. The predicted molar refractivity (Wildman–Crippen MR) is 71.1 cm³/mol. The van der Waals surface area contributed by atoms with Crippen LogP contribution < -0.4 is 4.74 Å². The highest BCUT2D eigenvalue weighted by molar-refractivity contribution is 5.97. The molecule has 100 valence electrons. The van der Waals surface area contributed by atoms with Crippen LogP contribution in [0.3, 0.4) is 0 Å². The molecule has 0 saturated heterocycles. The van der Waals surface area contributed by atoms with E-state index in [4.69, 9.17) is 4.74 Å². The summed E-state index contributed by atoms with van der Waals surface area (Å²) in [6, 6.07) is 4.67. The van der Waals surface area contributed by atoms with Crippen molar-refractivity contribution in [3.63, 3.8) is 0 Å². The first-order chi connectivity index (χ1) is 8.60. The molecule has 18 heavy (non-hydrogen) atoms. The predicted octanol–water partition coefficient (Wildman–Crippen LogP) is 2.66. The van der Waals surface area contributed by atoms with Crippen LogP contribution in [-0.4, -0.2) is 36.6 Å². The van der Waals surface area contributed by atoms with E-state index in [1.54, 1.807) is 24.1 Å². The Balaban J connectivity index is 2.76. The monoisotopic (exact) mass is 251 g/mol. The smallest absolute Gasteiger partial charge is 0.257 e. The molecule has 0 atom stereocenters. The molecule has 4 nitrogen and oxygen atoms in total.